The van der Waals surface area contributed by atoms with Crippen LogP contribution in [0, 0.1) is 5.41 Å². The van der Waals surface area contributed by atoms with Crippen molar-refractivity contribution in [2.24, 2.45) is 5.41 Å². The molecule has 0 bridgehead atoms. The zero-order valence-corrected chi connectivity index (χ0v) is 13.9. The van der Waals surface area contributed by atoms with Crippen LogP contribution >= 0.6 is 0 Å². The first-order valence-electron chi connectivity index (χ1n) is 8.50. The molecular weight excluding hydrogens is 306 g/mol. The highest BCUT2D eigenvalue weighted by atomic mass is 16.2. The van der Waals surface area contributed by atoms with E-state index in [9.17, 15) is 14.4 Å². The molecule has 0 aliphatic carbocycles. The molecule has 1 aromatic carbocycles. The smallest absolute Gasteiger partial charge is 0.331 e. The van der Waals surface area contributed by atoms with Gasteiger partial charge in [-0.1, -0.05) is 18.2 Å². The SMILES string of the molecule is CC(C)N1C(=O)NC(=O)C2(Cc3ccccc3N3CCCC32)C1=O. The minimum absolute atomic E-state index is 0.186. The normalized spacial score (nSPS) is 29.1. The maximum absolute atomic E-state index is 13.3. The van der Waals surface area contributed by atoms with Crippen LogP contribution in [0.4, 0.5) is 10.5 Å². The third-order valence-electron chi connectivity index (χ3n) is 5.55. The van der Waals surface area contributed by atoms with Crippen molar-refractivity contribution in [2.75, 3.05) is 11.4 Å². The third-order valence-corrected chi connectivity index (χ3v) is 5.55. The Morgan fingerprint density at radius 3 is 2.71 bits per heavy atom. The van der Waals surface area contributed by atoms with Gasteiger partial charge in [0.1, 0.15) is 0 Å². The van der Waals surface area contributed by atoms with Crippen LogP contribution in [0.3, 0.4) is 0 Å². The van der Waals surface area contributed by atoms with E-state index in [1.807, 2.05) is 18.2 Å². The highest BCUT2D eigenvalue weighted by Crippen LogP contribution is 2.48. The second kappa shape index (κ2) is 5.06. The lowest BCUT2D eigenvalue weighted by Crippen LogP contribution is -2.72. The Bertz CT molecular complexity index is 745. The average molecular weight is 327 g/mol. The van der Waals surface area contributed by atoms with Gasteiger partial charge in [0, 0.05) is 18.3 Å². The Morgan fingerprint density at radius 2 is 1.96 bits per heavy atom. The van der Waals surface area contributed by atoms with Crippen LogP contribution in [0.25, 0.3) is 0 Å². The van der Waals surface area contributed by atoms with Crippen molar-refractivity contribution < 1.29 is 14.4 Å². The zero-order valence-electron chi connectivity index (χ0n) is 13.9. The number of anilines is 1. The number of rotatable bonds is 1. The van der Waals surface area contributed by atoms with Crippen molar-refractivity contribution in [3.63, 3.8) is 0 Å². The molecule has 126 valence electrons. The number of nitrogens with one attached hydrogen (secondary N) is 1. The molecule has 2 unspecified atom stereocenters. The van der Waals surface area contributed by atoms with Crippen LogP contribution in [0.5, 0.6) is 0 Å². The molecule has 6 heteroatoms. The van der Waals surface area contributed by atoms with Gasteiger partial charge in [-0.05, 0) is 44.7 Å². The largest absolute Gasteiger partial charge is 0.367 e. The van der Waals surface area contributed by atoms with Crippen LogP contribution < -0.4 is 10.2 Å². The predicted octanol–water partition coefficient (Wildman–Crippen LogP) is 1.68. The molecule has 1 spiro atoms. The zero-order chi connectivity index (χ0) is 17.1. The minimum Gasteiger partial charge on any atom is -0.367 e. The number of hydrogen-bond acceptors (Lipinski definition) is 4. The van der Waals surface area contributed by atoms with E-state index in [1.54, 1.807) is 13.8 Å². The maximum Gasteiger partial charge on any atom is 0.331 e. The molecule has 4 rings (SSSR count). The Kier molecular flexibility index (Phi) is 3.20. The van der Waals surface area contributed by atoms with Crippen molar-refractivity contribution in [3.8, 4) is 0 Å². The Morgan fingerprint density at radius 1 is 1.21 bits per heavy atom. The van der Waals surface area contributed by atoms with Crippen molar-refractivity contribution in [2.45, 2.75) is 45.2 Å². The molecule has 6 nitrogen and oxygen atoms in total. The molecular formula is C18H21N3O3. The van der Waals surface area contributed by atoms with Gasteiger partial charge in [0.2, 0.25) is 11.8 Å². The standard InChI is InChI=1S/C18H21N3O3/c1-11(2)21-16(23)18(15(22)19-17(21)24)10-12-6-3-4-7-13(12)20-9-5-8-14(18)20/h3-4,6-7,11,14H,5,8-10H2,1-2H3,(H,19,22,24). The van der Waals surface area contributed by atoms with Crippen molar-refractivity contribution in [1.82, 2.24) is 10.2 Å². The first-order chi connectivity index (χ1) is 11.5. The van der Waals surface area contributed by atoms with E-state index in [2.05, 4.69) is 16.3 Å². The lowest BCUT2D eigenvalue weighted by atomic mass is 9.68. The van der Waals surface area contributed by atoms with E-state index in [4.69, 9.17) is 0 Å². The van der Waals surface area contributed by atoms with Crippen LogP contribution in [0.15, 0.2) is 24.3 Å². The summed E-state index contributed by atoms with van der Waals surface area (Å²) in [6.07, 6.45) is 2.08. The quantitative estimate of drug-likeness (QED) is 0.797. The number of fused-ring (bicyclic) bond motifs is 4. The topological polar surface area (TPSA) is 69.7 Å². The van der Waals surface area contributed by atoms with Crippen LogP contribution in [0.2, 0.25) is 0 Å². The third kappa shape index (κ3) is 1.79. The van der Waals surface area contributed by atoms with Gasteiger partial charge < -0.3 is 4.90 Å². The number of hydrogen-bond donors (Lipinski definition) is 1. The maximum atomic E-state index is 13.3. The van der Waals surface area contributed by atoms with Crippen LogP contribution in [0.1, 0.15) is 32.3 Å². The summed E-state index contributed by atoms with van der Waals surface area (Å²) in [6, 6.07) is 6.87. The summed E-state index contributed by atoms with van der Waals surface area (Å²) in [5.74, 6) is -0.793. The molecule has 0 aromatic heterocycles. The second-order valence-corrected chi connectivity index (χ2v) is 7.16. The monoisotopic (exact) mass is 327 g/mol. The van der Waals surface area contributed by atoms with Gasteiger partial charge in [0.05, 0.1) is 6.04 Å². The molecule has 24 heavy (non-hydrogen) atoms. The lowest BCUT2D eigenvalue weighted by Gasteiger charge is -2.50. The van der Waals surface area contributed by atoms with E-state index < -0.39 is 17.4 Å². The first kappa shape index (κ1) is 15.2. The van der Waals surface area contributed by atoms with Gasteiger partial charge in [0.15, 0.2) is 5.41 Å². The number of carbonyl (C=O) groups is 3. The van der Waals surface area contributed by atoms with E-state index in [-0.39, 0.29) is 18.0 Å². The number of imide groups is 2. The molecule has 1 aromatic rings. The number of benzene rings is 1. The van der Waals surface area contributed by atoms with E-state index in [0.29, 0.717) is 6.42 Å². The fraction of sp³-hybridized carbons (Fsp3) is 0.500. The summed E-state index contributed by atoms with van der Waals surface area (Å²) in [7, 11) is 0. The summed E-state index contributed by atoms with van der Waals surface area (Å²) in [6.45, 7) is 4.42. The number of nitrogens with zero attached hydrogens (tertiary/aromatic N) is 2. The molecule has 3 heterocycles. The van der Waals surface area contributed by atoms with Gasteiger partial charge in [-0.25, -0.2) is 4.79 Å². The molecule has 2 fully saturated rings. The van der Waals surface area contributed by atoms with Gasteiger partial charge in [0.25, 0.3) is 0 Å². The molecule has 4 amide bonds. The molecule has 3 aliphatic rings. The Balaban J connectivity index is 1.88. The van der Waals surface area contributed by atoms with Gasteiger partial charge in [-0.15, -0.1) is 0 Å². The highest BCUT2D eigenvalue weighted by Gasteiger charge is 2.62. The number of barbiturate groups is 1. The molecule has 3 aliphatic heterocycles. The summed E-state index contributed by atoms with van der Waals surface area (Å²) in [5.41, 5.74) is 0.902. The summed E-state index contributed by atoms with van der Waals surface area (Å²) >= 11 is 0. The van der Waals surface area contributed by atoms with E-state index in [1.165, 1.54) is 4.90 Å². The second-order valence-electron chi connectivity index (χ2n) is 7.16. The number of carbonyl (C=O) groups excluding carboxylic acids is 3. The summed E-state index contributed by atoms with van der Waals surface area (Å²) in [5, 5.41) is 2.45. The molecule has 0 saturated carbocycles. The average Bonchev–Trinajstić information content (AvgIpc) is 3.02. The molecule has 2 atom stereocenters. The van der Waals surface area contributed by atoms with Gasteiger partial charge in [-0.2, -0.15) is 0 Å². The number of para-hydroxylation sites is 1. The van der Waals surface area contributed by atoms with Crippen molar-refractivity contribution in [3.05, 3.63) is 29.8 Å². The predicted molar refractivity (Wildman–Crippen MR) is 88.5 cm³/mol. The Hall–Kier alpha value is -2.37. The lowest BCUT2D eigenvalue weighted by molar-refractivity contribution is -0.154. The highest BCUT2D eigenvalue weighted by molar-refractivity contribution is 6.20. The van der Waals surface area contributed by atoms with Crippen LogP contribution in [-0.2, 0) is 16.0 Å². The van der Waals surface area contributed by atoms with Crippen molar-refractivity contribution >= 4 is 23.5 Å². The van der Waals surface area contributed by atoms with E-state index >= 15 is 0 Å². The fourth-order valence-electron chi connectivity index (χ4n) is 4.52. The van der Waals surface area contributed by atoms with E-state index in [0.717, 1.165) is 30.6 Å². The first-order valence-corrected chi connectivity index (χ1v) is 8.50. The number of amides is 4. The Labute approximate surface area is 140 Å². The van der Waals surface area contributed by atoms with Crippen LogP contribution in [-0.4, -0.2) is 41.4 Å². The molecule has 2 saturated heterocycles. The van der Waals surface area contributed by atoms with Gasteiger partial charge in [-0.3, -0.25) is 19.8 Å². The molecule has 0 radical (unpaired) electrons. The van der Waals surface area contributed by atoms with Crippen molar-refractivity contribution in [1.29, 1.82) is 0 Å². The molecule has 1 N–H and O–H groups in total. The minimum atomic E-state index is -1.21. The summed E-state index contributed by atoms with van der Waals surface area (Å²) < 4.78 is 0. The summed E-state index contributed by atoms with van der Waals surface area (Å²) in [4.78, 5) is 41.8. The van der Waals surface area contributed by atoms with Gasteiger partial charge >= 0.3 is 6.03 Å². The number of urea groups is 1. The fourth-order valence-corrected chi connectivity index (χ4v) is 4.52.